The van der Waals surface area contributed by atoms with Crippen molar-refractivity contribution >= 4 is 34.2 Å². The molecule has 1 aliphatic rings. The third kappa shape index (κ3) is 4.24. The fourth-order valence-corrected chi connectivity index (χ4v) is 2.43. The number of benzene rings is 1. The van der Waals surface area contributed by atoms with Crippen LogP contribution in [0.25, 0.3) is 0 Å². The molecule has 1 aromatic carbocycles. The van der Waals surface area contributed by atoms with E-state index in [1.807, 2.05) is 0 Å². The Morgan fingerprint density at radius 1 is 1.26 bits per heavy atom. The first-order valence-corrected chi connectivity index (χ1v) is 7.30. The minimum absolute atomic E-state index is 0. The summed E-state index contributed by atoms with van der Waals surface area (Å²) in [4.78, 5) is 49.9. The molecule has 1 aliphatic heterocycles. The average molecular weight is 349 g/mol. The van der Waals surface area contributed by atoms with E-state index in [2.05, 4.69) is 4.84 Å². The van der Waals surface area contributed by atoms with Crippen LogP contribution in [-0.4, -0.2) is 47.4 Å². The molecule has 1 atom stereocenters. The largest absolute Gasteiger partial charge is 1.00 e. The number of carbonyl (C=O) groups excluding carboxylic acids is 4. The monoisotopic (exact) mass is 349 g/mol. The van der Waals surface area contributed by atoms with Crippen molar-refractivity contribution < 1.29 is 66.5 Å². The number of imide groups is 1. The predicted octanol–water partition coefficient (Wildman–Crippen LogP) is -3.75. The second kappa shape index (κ2) is 7.32. The van der Waals surface area contributed by atoms with Crippen LogP contribution in [0.5, 0.6) is 0 Å². The van der Waals surface area contributed by atoms with Gasteiger partial charge in [-0.2, -0.15) is 0 Å². The molecule has 23 heavy (non-hydrogen) atoms. The molecule has 1 fully saturated rings. The van der Waals surface area contributed by atoms with Crippen LogP contribution in [0.3, 0.4) is 0 Å². The van der Waals surface area contributed by atoms with E-state index in [0.29, 0.717) is 11.8 Å². The van der Waals surface area contributed by atoms with Gasteiger partial charge in [-0.25, -0.2) is 13.2 Å². The zero-order chi connectivity index (χ0) is 16.5. The van der Waals surface area contributed by atoms with E-state index in [9.17, 15) is 32.1 Å². The summed E-state index contributed by atoms with van der Waals surface area (Å²) in [7, 11) is -5.02. The van der Waals surface area contributed by atoms with Gasteiger partial charge in [0.2, 0.25) is 0 Å². The SMILES string of the molecule is O=Cc1ccc(C(=O)ON2C(=O)CC(S(=O)(=O)[O-])C2=O)cc1.[Na+]. The van der Waals surface area contributed by atoms with Crippen LogP contribution in [-0.2, 0) is 24.5 Å². The summed E-state index contributed by atoms with van der Waals surface area (Å²) < 4.78 is 32.5. The number of hydrogen-bond acceptors (Lipinski definition) is 8. The Labute approximate surface area is 152 Å². The third-order valence-corrected chi connectivity index (χ3v) is 3.93. The van der Waals surface area contributed by atoms with Crippen molar-refractivity contribution in [3.05, 3.63) is 35.4 Å². The fourth-order valence-electron chi connectivity index (χ4n) is 1.74. The van der Waals surface area contributed by atoms with Gasteiger partial charge in [0.15, 0.2) is 0 Å². The zero-order valence-corrected chi connectivity index (χ0v) is 14.6. The van der Waals surface area contributed by atoms with Gasteiger partial charge in [0.1, 0.15) is 21.7 Å². The molecule has 116 valence electrons. The van der Waals surface area contributed by atoms with Gasteiger partial charge in [0.05, 0.1) is 12.0 Å². The van der Waals surface area contributed by atoms with Gasteiger partial charge < -0.3 is 9.39 Å². The molecule has 11 heteroatoms. The molecule has 0 spiro atoms. The Morgan fingerprint density at radius 2 is 1.83 bits per heavy atom. The van der Waals surface area contributed by atoms with Crippen LogP contribution in [0, 0.1) is 0 Å². The van der Waals surface area contributed by atoms with Crippen molar-refractivity contribution in [2.75, 3.05) is 0 Å². The van der Waals surface area contributed by atoms with Crippen molar-refractivity contribution in [2.24, 2.45) is 0 Å². The third-order valence-electron chi connectivity index (χ3n) is 2.87. The van der Waals surface area contributed by atoms with Crippen LogP contribution in [0.15, 0.2) is 24.3 Å². The summed E-state index contributed by atoms with van der Waals surface area (Å²) in [6.45, 7) is 0. The van der Waals surface area contributed by atoms with E-state index < -0.39 is 39.6 Å². The molecule has 1 heterocycles. The van der Waals surface area contributed by atoms with Gasteiger partial charge in [0.25, 0.3) is 11.8 Å². The summed E-state index contributed by atoms with van der Waals surface area (Å²) >= 11 is 0. The Bertz CT molecular complexity index is 758. The van der Waals surface area contributed by atoms with Gasteiger partial charge in [-0.1, -0.05) is 12.1 Å². The Morgan fingerprint density at radius 3 is 2.26 bits per heavy atom. The zero-order valence-electron chi connectivity index (χ0n) is 11.8. The smallest absolute Gasteiger partial charge is 0.747 e. The molecular formula is C12H8NNaO8S. The van der Waals surface area contributed by atoms with Crippen molar-refractivity contribution in [3.63, 3.8) is 0 Å². The molecule has 9 nitrogen and oxygen atoms in total. The van der Waals surface area contributed by atoms with Gasteiger partial charge >= 0.3 is 35.5 Å². The predicted molar refractivity (Wildman–Crippen MR) is 67.2 cm³/mol. The maximum absolute atomic E-state index is 11.8. The summed E-state index contributed by atoms with van der Waals surface area (Å²) in [5.41, 5.74) is 0.224. The maximum atomic E-state index is 11.8. The molecule has 2 amide bonds. The number of carbonyl (C=O) groups is 4. The van der Waals surface area contributed by atoms with Crippen molar-refractivity contribution in [3.8, 4) is 0 Å². The first kappa shape index (κ1) is 19.5. The molecular weight excluding hydrogens is 341 g/mol. The normalized spacial score (nSPS) is 17.6. The molecule has 2 rings (SSSR count). The number of rotatable bonds is 4. The minimum Gasteiger partial charge on any atom is -0.747 e. The molecule has 1 unspecified atom stereocenters. The Balaban J connectivity index is 0.00000264. The van der Waals surface area contributed by atoms with Crippen LogP contribution in [0.2, 0.25) is 0 Å². The van der Waals surface area contributed by atoms with Crippen LogP contribution in [0.1, 0.15) is 27.1 Å². The average Bonchev–Trinajstić information content (AvgIpc) is 2.75. The Hall–Kier alpha value is -1.59. The molecule has 0 aromatic heterocycles. The van der Waals surface area contributed by atoms with Crippen molar-refractivity contribution in [2.45, 2.75) is 11.7 Å². The number of nitrogens with zero attached hydrogens (tertiary/aromatic N) is 1. The van der Waals surface area contributed by atoms with Crippen LogP contribution >= 0.6 is 0 Å². The van der Waals surface area contributed by atoms with E-state index in [1.165, 1.54) is 24.3 Å². The summed E-state index contributed by atoms with van der Waals surface area (Å²) in [6, 6.07) is 5.06. The maximum Gasteiger partial charge on any atom is 1.00 e. The molecule has 0 bridgehead atoms. The van der Waals surface area contributed by atoms with Gasteiger partial charge in [-0.3, -0.25) is 14.4 Å². The van der Waals surface area contributed by atoms with E-state index in [0.717, 1.165) is 0 Å². The summed E-state index contributed by atoms with van der Waals surface area (Å²) in [5.74, 6) is -3.62. The number of amides is 2. The van der Waals surface area contributed by atoms with Crippen LogP contribution in [0.4, 0.5) is 0 Å². The van der Waals surface area contributed by atoms with Crippen molar-refractivity contribution in [1.82, 2.24) is 5.06 Å². The van der Waals surface area contributed by atoms with Crippen molar-refractivity contribution in [1.29, 1.82) is 0 Å². The first-order chi connectivity index (χ1) is 10.2. The topological polar surface area (TPSA) is 138 Å². The van der Waals surface area contributed by atoms with Gasteiger partial charge in [-0.15, -0.1) is 5.06 Å². The quantitative estimate of drug-likeness (QED) is 0.234. The molecule has 0 N–H and O–H groups in total. The second-order valence-corrected chi connectivity index (χ2v) is 5.89. The molecule has 0 aliphatic carbocycles. The Kier molecular flexibility index (Phi) is 6.19. The van der Waals surface area contributed by atoms with E-state index in [-0.39, 0.29) is 40.2 Å². The minimum atomic E-state index is -5.02. The number of hydroxylamine groups is 2. The van der Waals surface area contributed by atoms with Crippen LogP contribution < -0.4 is 29.6 Å². The molecule has 0 saturated carbocycles. The molecule has 1 saturated heterocycles. The second-order valence-electron chi connectivity index (χ2n) is 4.33. The standard InChI is InChI=1S/C12H9NO8S.Na/c14-6-7-1-3-8(4-2-7)12(17)21-13-10(15)5-9(11(13)16)22(18,19)20;/h1-4,6,9H,5H2,(H,18,19,20);/q;+1/p-1. The number of hydrogen-bond donors (Lipinski definition) is 0. The summed E-state index contributed by atoms with van der Waals surface area (Å²) in [5, 5.41) is -2.12. The summed E-state index contributed by atoms with van der Waals surface area (Å²) in [6.07, 6.45) is -0.325. The molecule has 0 radical (unpaired) electrons. The van der Waals surface area contributed by atoms with E-state index >= 15 is 0 Å². The fraction of sp³-hybridized carbons (Fsp3) is 0.167. The van der Waals surface area contributed by atoms with Gasteiger partial charge in [0, 0.05) is 5.56 Å². The van der Waals surface area contributed by atoms with E-state index in [1.54, 1.807) is 0 Å². The number of aldehydes is 1. The first-order valence-electron chi connectivity index (χ1n) is 5.83. The van der Waals surface area contributed by atoms with Gasteiger partial charge in [-0.05, 0) is 12.1 Å². The molecule has 1 aromatic rings. The van der Waals surface area contributed by atoms with E-state index in [4.69, 9.17) is 0 Å².